The fraction of sp³-hybridized carbons (Fsp3) is 0.500. The monoisotopic (exact) mass is 449 g/mol. The van der Waals surface area contributed by atoms with E-state index in [1.165, 1.54) is 11.1 Å². The number of piperidine rings is 1. The molecule has 0 spiro atoms. The molecular formula is C22H30F3N7. The van der Waals surface area contributed by atoms with Crippen LogP contribution >= 0.6 is 0 Å². The van der Waals surface area contributed by atoms with Gasteiger partial charge in [-0.05, 0) is 31.4 Å². The van der Waals surface area contributed by atoms with Crippen LogP contribution in [0.1, 0.15) is 29.7 Å². The number of rotatable bonds is 7. The van der Waals surface area contributed by atoms with Crippen LogP contribution in [0.2, 0.25) is 0 Å². The van der Waals surface area contributed by atoms with Gasteiger partial charge < -0.3 is 16.0 Å². The first kappa shape index (κ1) is 23.8. The number of halogens is 3. The second-order valence-corrected chi connectivity index (χ2v) is 7.87. The van der Waals surface area contributed by atoms with E-state index in [-0.39, 0.29) is 5.95 Å². The average molecular weight is 450 g/mol. The van der Waals surface area contributed by atoms with Gasteiger partial charge in [-0.25, -0.2) is 9.97 Å². The summed E-state index contributed by atoms with van der Waals surface area (Å²) in [5.74, 6) is 0.624. The second-order valence-electron chi connectivity index (χ2n) is 7.87. The van der Waals surface area contributed by atoms with Crippen molar-refractivity contribution in [2.45, 2.75) is 38.5 Å². The van der Waals surface area contributed by atoms with Crippen molar-refractivity contribution in [1.82, 2.24) is 25.5 Å². The quantitative estimate of drug-likeness (QED) is 0.343. The molecule has 0 bridgehead atoms. The molecule has 10 heteroatoms. The summed E-state index contributed by atoms with van der Waals surface area (Å²) in [4.78, 5) is 14.0. The van der Waals surface area contributed by atoms with E-state index in [1.54, 1.807) is 7.05 Å². The molecule has 32 heavy (non-hydrogen) atoms. The number of hydrogen-bond acceptors (Lipinski definition) is 5. The molecule has 1 aromatic heterocycles. The molecule has 3 N–H and O–H groups in total. The SMILES string of the molecule is CN=C(NCCNc1nccc(C(F)(F)F)n1)NC1CCN(Cc2cccc(C)c2)CC1. The van der Waals surface area contributed by atoms with Crippen LogP contribution < -0.4 is 16.0 Å². The lowest BCUT2D eigenvalue weighted by molar-refractivity contribution is -0.141. The van der Waals surface area contributed by atoms with Crippen LogP contribution in [0.3, 0.4) is 0 Å². The Morgan fingerprint density at radius 3 is 2.66 bits per heavy atom. The fourth-order valence-corrected chi connectivity index (χ4v) is 3.65. The highest BCUT2D eigenvalue weighted by atomic mass is 19.4. The first-order valence-electron chi connectivity index (χ1n) is 10.7. The molecule has 0 unspecified atom stereocenters. The van der Waals surface area contributed by atoms with Gasteiger partial charge in [0.25, 0.3) is 0 Å². The van der Waals surface area contributed by atoms with Crippen LogP contribution in [0.4, 0.5) is 19.1 Å². The van der Waals surface area contributed by atoms with Crippen molar-refractivity contribution < 1.29 is 13.2 Å². The summed E-state index contributed by atoms with van der Waals surface area (Å²) in [5.41, 5.74) is 1.66. The van der Waals surface area contributed by atoms with Gasteiger partial charge in [0.2, 0.25) is 5.95 Å². The first-order valence-corrected chi connectivity index (χ1v) is 10.7. The molecule has 1 saturated heterocycles. The van der Waals surface area contributed by atoms with Crippen molar-refractivity contribution >= 4 is 11.9 Å². The van der Waals surface area contributed by atoms with Crippen LogP contribution in [0.5, 0.6) is 0 Å². The maximum absolute atomic E-state index is 12.7. The van der Waals surface area contributed by atoms with Crippen molar-refractivity contribution in [3.8, 4) is 0 Å². The Kier molecular flexibility index (Phi) is 8.26. The molecule has 7 nitrogen and oxygen atoms in total. The minimum absolute atomic E-state index is 0.0504. The molecule has 0 amide bonds. The summed E-state index contributed by atoms with van der Waals surface area (Å²) in [6.45, 7) is 5.92. The molecule has 2 aromatic rings. The molecule has 0 aliphatic carbocycles. The predicted octanol–water partition coefficient (Wildman–Crippen LogP) is 3.05. The standard InChI is InChI=1S/C22H30F3N7/c1-16-4-3-5-17(14-16)15-32-12-7-18(8-13-32)30-20(26-2)28-10-11-29-21-27-9-6-19(31-21)22(23,24)25/h3-6,9,14,18H,7-8,10-13,15H2,1-2H3,(H2,26,28,30)(H,27,29,31). The summed E-state index contributed by atoms with van der Waals surface area (Å²) in [6, 6.07) is 9.79. The number of alkyl halides is 3. The predicted molar refractivity (Wildman–Crippen MR) is 119 cm³/mol. The van der Waals surface area contributed by atoms with E-state index in [0.29, 0.717) is 25.1 Å². The topological polar surface area (TPSA) is 77.5 Å². The molecule has 0 saturated carbocycles. The molecule has 3 rings (SSSR count). The summed E-state index contributed by atoms with van der Waals surface area (Å²) < 4.78 is 38.2. The largest absolute Gasteiger partial charge is 0.433 e. The molecule has 2 heterocycles. The fourth-order valence-electron chi connectivity index (χ4n) is 3.65. The first-order chi connectivity index (χ1) is 15.3. The van der Waals surface area contributed by atoms with Gasteiger partial charge in [-0.15, -0.1) is 0 Å². The molecule has 1 aliphatic heterocycles. The summed E-state index contributed by atoms with van der Waals surface area (Å²) in [6.07, 6.45) is -1.36. The Labute approximate surface area is 186 Å². The number of guanidine groups is 1. The zero-order valence-electron chi connectivity index (χ0n) is 18.4. The number of anilines is 1. The van der Waals surface area contributed by atoms with Gasteiger partial charge in [-0.2, -0.15) is 13.2 Å². The Bertz CT molecular complexity index is 893. The van der Waals surface area contributed by atoms with E-state index < -0.39 is 11.9 Å². The molecule has 1 aromatic carbocycles. The summed E-state index contributed by atoms with van der Waals surface area (Å²) >= 11 is 0. The molecule has 1 fully saturated rings. The molecular weight excluding hydrogens is 419 g/mol. The van der Waals surface area contributed by atoms with E-state index in [0.717, 1.165) is 44.7 Å². The Balaban J connectivity index is 1.36. The molecule has 0 radical (unpaired) electrons. The number of nitrogens with one attached hydrogen (secondary N) is 3. The number of aromatic nitrogens is 2. The average Bonchev–Trinajstić information content (AvgIpc) is 2.77. The van der Waals surface area contributed by atoms with E-state index >= 15 is 0 Å². The number of aryl methyl sites for hydroxylation is 1. The summed E-state index contributed by atoms with van der Waals surface area (Å²) in [5, 5.41) is 9.40. The van der Waals surface area contributed by atoms with Gasteiger partial charge in [-0.3, -0.25) is 9.89 Å². The lowest BCUT2D eigenvalue weighted by atomic mass is 10.0. The van der Waals surface area contributed by atoms with Gasteiger partial charge >= 0.3 is 6.18 Å². The normalized spacial score (nSPS) is 16.1. The van der Waals surface area contributed by atoms with Crippen LogP contribution in [-0.4, -0.2) is 60.1 Å². The third-order valence-electron chi connectivity index (χ3n) is 5.29. The molecule has 174 valence electrons. The van der Waals surface area contributed by atoms with E-state index in [1.807, 2.05) is 0 Å². The number of aliphatic imine (C=N–C) groups is 1. The van der Waals surface area contributed by atoms with Gasteiger partial charge in [0.15, 0.2) is 5.96 Å². The smallest absolute Gasteiger partial charge is 0.355 e. The second kappa shape index (κ2) is 11.1. The Hall–Kier alpha value is -2.88. The van der Waals surface area contributed by atoms with Crippen LogP contribution in [0, 0.1) is 6.92 Å². The van der Waals surface area contributed by atoms with E-state index in [4.69, 9.17) is 0 Å². The maximum atomic E-state index is 12.7. The van der Waals surface area contributed by atoms with Crippen molar-refractivity contribution in [3.63, 3.8) is 0 Å². The zero-order valence-corrected chi connectivity index (χ0v) is 18.4. The highest BCUT2D eigenvalue weighted by molar-refractivity contribution is 5.80. The minimum atomic E-state index is -4.49. The van der Waals surface area contributed by atoms with Gasteiger partial charge in [0.05, 0.1) is 0 Å². The lowest BCUT2D eigenvalue weighted by Crippen LogP contribution is -2.49. The number of nitrogens with zero attached hydrogens (tertiary/aromatic N) is 4. The van der Waals surface area contributed by atoms with Crippen molar-refractivity contribution in [2.75, 3.05) is 38.5 Å². The number of benzene rings is 1. The van der Waals surface area contributed by atoms with Gasteiger partial charge in [-0.1, -0.05) is 29.8 Å². The number of hydrogen-bond donors (Lipinski definition) is 3. The van der Waals surface area contributed by atoms with Crippen molar-refractivity contribution in [3.05, 3.63) is 53.3 Å². The van der Waals surface area contributed by atoms with E-state index in [2.05, 4.69) is 67.0 Å². The van der Waals surface area contributed by atoms with Crippen LogP contribution in [0.15, 0.2) is 41.5 Å². The third kappa shape index (κ3) is 7.37. The zero-order chi connectivity index (χ0) is 23.0. The maximum Gasteiger partial charge on any atom is 0.433 e. The van der Waals surface area contributed by atoms with Gasteiger partial charge in [0, 0.05) is 52.0 Å². The summed E-state index contributed by atoms with van der Waals surface area (Å²) in [7, 11) is 1.70. The minimum Gasteiger partial charge on any atom is -0.355 e. The highest BCUT2D eigenvalue weighted by Crippen LogP contribution is 2.27. The van der Waals surface area contributed by atoms with Gasteiger partial charge in [0.1, 0.15) is 5.69 Å². The Morgan fingerprint density at radius 2 is 1.97 bits per heavy atom. The Morgan fingerprint density at radius 1 is 1.19 bits per heavy atom. The van der Waals surface area contributed by atoms with Crippen LogP contribution in [-0.2, 0) is 12.7 Å². The number of likely N-dealkylation sites (tertiary alicyclic amines) is 1. The highest BCUT2D eigenvalue weighted by Gasteiger charge is 2.32. The van der Waals surface area contributed by atoms with E-state index in [9.17, 15) is 13.2 Å². The third-order valence-corrected chi connectivity index (χ3v) is 5.29. The van der Waals surface area contributed by atoms with Crippen molar-refractivity contribution in [2.24, 2.45) is 4.99 Å². The molecule has 1 aliphatic rings. The van der Waals surface area contributed by atoms with Crippen molar-refractivity contribution in [1.29, 1.82) is 0 Å². The molecule has 0 atom stereocenters. The van der Waals surface area contributed by atoms with Crippen LogP contribution in [0.25, 0.3) is 0 Å². The lowest BCUT2D eigenvalue weighted by Gasteiger charge is -2.33.